The fraction of sp³-hybridized carbons (Fsp3) is 0.667. The molecular weight excluding hydrogens is 136 g/mol. The van der Waals surface area contributed by atoms with Crippen LogP contribution in [0.2, 0.25) is 0 Å². The van der Waals surface area contributed by atoms with Gasteiger partial charge in [-0.25, -0.2) is 0 Å². The topological polar surface area (TPSA) is 15.6 Å². The van der Waals surface area contributed by atoms with Crippen molar-refractivity contribution < 1.29 is 0 Å². The van der Waals surface area contributed by atoms with Crippen LogP contribution >= 0.6 is 0 Å². The quantitative estimate of drug-likeness (QED) is 0.344. The molecule has 11 heavy (non-hydrogen) atoms. The highest BCUT2D eigenvalue weighted by Gasteiger charge is 1.99. The molecule has 0 amide bonds. The molecule has 0 unspecified atom stereocenters. The van der Waals surface area contributed by atoms with Crippen molar-refractivity contribution in [3.63, 3.8) is 0 Å². The van der Waals surface area contributed by atoms with Crippen molar-refractivity contribution in [2.24, 2.45) is 4.99 Å². The Balaban J connectivity index is 3.87. The van der Waals surface area contributed by atoms with Gasteiger partial charge in [0.1, 0.15) is 0 Å². The van der Waals surface area contributed by atoms with E-state index < -0.39 is 0 Å². The van der Waals surface area contributed by atoms with Crippen LogP contribution in [0.4, 0.5) is 0 Å². The van der Waals surface area contributed by atoms with Crippen LogP contribution in [0.15, 0.2) is 17.1 Å². The average molecular weight is 154 g/mol. The smallest absolute Gasteiger partial charge is 0.0954 e. The molecule has 0 bridgehead atoms. The molecule has 0 saturated carbocycles. The molecule has 0 aliphatic heterocycles. The third kappa shape index (κ3) is 3.81. The Morgan fingerprint density at radius 1 is 1.55 bits per heavy atom. The lowest BCUT2D eigenvalue weighted by atomic mass is 10.2. The molecule has 0 fully saturated rings. The summed E-state index contributed by atoms with van der Waals surface area (Å²) in [5.41, 5.74) is 1.25. The number of aliphatic imine (C=N–C) groups is 1. The Morgan fingerprint density at radius 2 is 2.09 bits per heavy atom. The highest BCUT2D eigenvalue weighted by Crippen LogP contribution is 1.99. The highest BCUT2D eigenvalue weighted by atomic mass is 15.1. The minimum absolute atomic E-state index is 0.916. The summed E-state index contributed by atoms with van der Waals surface area (Å²) in [5, 5.41) is 0. The first-order valence-electron chi connectivity index (χ1n) is 3.93. The van der Waals surface area contributed by atoms with E-state index in [1.54, 1.807) is 7.05 Å². The minimum atomic E-state index is 0.916. The lowest BCUT2D eigenvalue weighted by molar-refractivity contribution is 0.538. The molecule has 0 saturated heterocycles. The molecule has 0 N–H and O–H groups in total. The largest absolute Gasteiger partial charge is 0.360 e. The summed E-state index contributed by atoms with van der Waals surface area (Å²) < 4.78 is 0. The second-order valence-electron chi connectivity index (χ2n) is 2.73. The van der Waals surface area contributed by atoms with E-state index in [1.807, 2.05) is 14.0 Å². The Hall–Kier alpha value is -0.790. The number of hydrogen-bond donors (Lipinski definition) is 0. The van der Waals surface area contributed by atoms with E-state index in [4.69, 9.17) is 0 Å². The fourth-order valence-electron chi connectivity index (χ4n) is 0.732. The van der Waals surface area contributed by atoms with E-state index in [0.29, 0.717) is 0 Å². The van der Waals surface area contributed by atoms with E-state index in [0.717, 1.165) is 18.8 Å². The maximum Gasteiger partial charge on any atom is 0.0954 e. The Labute approximate surface area is 69.6 Å². The molecular formula is C9H18N2. The van der Waals surface area contributed by atoms with Crippen LogP contribution in [-0.2, 0) is 0 Å². The molecule has 2 nitrogen and oxygen atoms in total. The van der Waals surface area contributed by atoms with Crippen molar-refractivity contribution in [3.8, 4) is 0 Å². The second kappa shape index (κ2) is 4.94. The summed E-state index contributed by atoms with van der Waals surface area (Å²) in [6, 6.07) is 0. The van der Waals surface area contributed by atoms with Crippen LogP contribution in [0, 0.1) is 0 Å². The van der Waals surface area contributed by atoms with E-state index >= 15 is 0 Å². The zero-order valence-corrected chi connectivity index (χ0v) is 8.02. The van der Waals surface area contributed by atoms with Gasteiger partial charge in [-0.15, -0.1) is 0 Å². The first-order chi connectivity index (χ1) is 5.11. The summed E-state index contributed by atoms with van der Waals surface area (Å²) in [4.78, 5) is 6.18. The SMILES string of the molecule is C=C(CC)CN(C)/C(C)=N\C. The highest BCUT2D eigenvalue weighted by molar-refractivity contribution is 5.79. The first-order valence-corrected chi connectivity index (χ1v) is 3.93. The Morgan fingerprint density at radius 3 is 2.45 bits per heavy atom. The number of amidine groups is 1. The summed E-state index contributed by atoms with van der Waals surface area (Å²) in [6.07, 6.45) is 1.04. The minimum Gasteiger partial charge on any atom is -0.360 e. The number of likely N-dealkylation sites (N-methyl/N-ethyl adjacent to an activating group) is 1. The third-order valence-electron chi connectivity index (χ3n) is 1.84. The van der Waals surface area contributed by atoms with Crippen LogP contribution in [0.1, 0.15) is 20.3 Å². The van der Waals surface area contributed by atoms with Crippen molar-refractivity contribution in [3.05, 3.63) is 12.2 Å². The van der Waals surface area contributed by atoms with Crippen LogP contribution in [-0.4, -0.2) is 31.4 Å². The van der Waals surface area contributed by atoms with Crippen molar-refractivity contribution in [1.29, 1.82) is 0 Å². The molecule has 2 heteroatoms. The van der Waals surface area contributed by atoms with E-state index in [9.17, 15) is 0 Å². The molecule has 0 aromatic rings. The predicted molar refractivity (Wildman–Crippen MR) is 51.1 cm³/mol. The van der Waals surface area contributed by atoms with Gasteiger partial charge < -0.3 is 4.90 Å². The summed E-state index contributed by atoms with van der Waals surface area (Å²) in [5.74, 6) is 1.06. The lowest BCUT2D eigenvalue weighted by Gasteiger charge is -2.18. The van der Waals surface area contributed by atoms with Gasteiger partial charge in [0.15, 0.2) is 0 Å². The molecule has 0 radical (unpaired) electrons. The van der Waals surface area contributed by atoms with Crippen LogP contribution in [0.25, 0.3) is 0 Å². The molecule has 64 valence electrons. The van der Waals surface area contributed by atoms with Crippen LogP contribution in [0.3, 0.4) is 0 Å². The van der Waals surface area contributed by atoms with Gasteiger partial charge in [0.05, 0.1) is 5.84 Å². The zero-order chi connectivity index (χ0) is 8.85. The maximum atomic E-state index is 4.08. The number of hydrogen-bond acceptors (Lipinski definition) is 1. The van der Waals surface area contributed by atoms with Gasteiger partial charge in [-0.2, -0.15) is 0 Å². The third-order valence-corrected chi connectivity index (χ3v) is 1.84. The lowest BCUT2D eigenvalue weighted by Crippen LogP contribution is -2.25. The monoisotopic (exact) mass is 154 g/mol. The molecule has 0 aromatic heterocycles. The molecule has 0 rings (SSSR count). The van der Waals surface area contributed by atoms with Gasteiger partial charge in [0, 0.05) is 20.6 Å². The molecule has 0 heterocycles. The van der Waals surface area contributed by atoms with E-state index in [-0.39, 0.29) is 0 Å². The van der Waals surface area contributed by atoms with Crippen LogP contribution < -0.4 is 0 Å². The van der Waals surface area contributed by atoms with Gasteiger partial charge in [0.2, 0.25) is 0 Å². The van der Waals surface area contributed by atoms with Gasteiger partial charge in [-0.05, 0) is 13.3 Å². The van der Waals surface area contributed by atoms with Crippen molar-refractivity contribution in [2.45, 2.75) is 20.3 Å². The zero-order valence-electron chi connectivity index (χ0n) is 8.02. The van der Waals surface area contributed by atoms with Crippen molar-refractivity contribution in [1.82, 2.24) is 4.90 Å². The number of nitrogens with zero attached hydrogens (tertiary/aromatic N) is 2. The molecule has 0 aliphatic carbocycles. The van der Waals surface area contributed by atoms with Gasteiger partial charge in [0.25, 0.3) is 0 Å². The summed E-state index contributed by atoms with van der Waals surface area (Å²) in [7, 11) is 3.84. The second-order valence-corrected chi connectivity index (χ2v) is 2.73. The van der Waals surface area contributed by atoms with E-state index in [2.05, 4.69) is 23.4 Å². The average Bonchev–Trinajstić information content (AvgIpc) is 2.02. The molecule has 0 aliphatic rings. The summed E-state index contributed by atoms with van der Waals surface area (Å²) >= 11 is 0. The molecule has 0 aromatic carbocycles. The fourth-order valence-corrected chi connectivity index (χ4v) is 0.732. The molecule has 0 atom stereocenters. The van der Waals surface area contributed by atoms with Crippen molar-refractivity contribution in [2.75, 3.05) is 20.6 Å². The first kappa shape index (κ1) is 10.2. The maximum absolute atomic E-state index is 4.08. The Kier molecular flexibility index (Phi) is 4.59. The standard InChI is InChI=1S/C9H18N2/c1-6-8(2)7-11(5)9(3)10-4/h2,6-7H2,1,3-5H3/b10-9-. The normalized spacial score (nSPS) is 11.5. The van der Waals surface area contributed by atoms with Crippen molar-refractivity contribution >= 4 is 5.84 Å². The van der Waals surface area contributed by atoms with Gasteiger partial charge in [-0.1, -0.05) is 19.1 Å². The summed E-state index contributed by atoms with van der Waals surface area (Å²) in [6.45, 7) is 8.97. The van der Waals surface area contributed by atoms with E-state index in [1.165, 1.54) is 5.57 Å². The van der Waals surface area contributed by atoms with Gasteiger partial charge >= 0.3 is 0 Å². The Bertz CT molecular complexity index is 159. The predicted octanol–water partition coefficient (Wildman–Crippen LogP) is 1.93. The number of rotatable bonds is 3. The van der Waals surface area contributed by atoms with Gasteiger partial charge in [-0.3, -0.25) is 4.99 Å². The van der Waals surface area contributed by atoms with Crippen LogP contribution in [0.5, 0.6) is 0 Å². The molecule has 0 spiro atoms.